The summed E-state index contributed by atoms with van der Waals surface area (Å²) in [6, 6.07) is 13.2. The van der Waals surface area contributed by atoms with Crippen LogP contribution in [-0.4, -0.2) is 34.2 Å². The standard InChI is InChI=1S/C24H23N3O3/c28-22(13-15-27-23(29)20-9-1-2-10-21(20)24(27)30)26-19-8-5-6-17(16-19)11-12-18-7-3-4-14-25-18/h1-8,11-12,14,16,20-21H,9-10,13,15H2,(H,26,28). The Hall–Kier alpha value is -3.54. The molecule has 30 heavy (non-hydrogen) atoms. The number of carbonyl (C=O) groups excluding carboxylic acids is 3. The zero-order chi connectivity index (χ0) is 20.9. The highest BCUT2D eigenvalue weighted by atomic mass is 16.2. The Balaban J connectivity index is 1.33. The minimum atomic E-state index is -0.256. The van der Waals surface area contributed by atoms with E-state index >= 15 is 0 Å². The quantitative estimate of drug-likeness (QED) is 0.593. The second kappa shape index (κ2) is 8.86. The molecule has 2 heterocycles. The Morgan fingerprint density at radius 2 is 1.80 bits per heavy atom. The first-order chi connectivity index (χ1) is 14.6. The van der Waals surface area contributed by atoms with E-state index in [-0.39, 0.29) is 42.5 Å². The van der Waals surface area contributed by atoms with Crippen LogP contribution in [0.15, 0.2) is 60.8 Å². The normalized spacial score (nSPS) is 20.6. The number of imide groups is 1. The van der Waals surface area contributed by atoms with Crippen molar-refractivity contribution in [3.05, 3.63) is 72.1 Å². The highest BCUT2D eigenvalue weighted by Gasteiger charge is 2.46. The molecule has 3 amide bonds. The molecule has 152 valence electrons. The lowest BCUT2D eigenvalue weighted by Crippen LogP contribution is -2.34. The molecule has 1 aromatic carbocycles. The molecule has 2 atom stereocenters. The Labute approximate surface area is 175 Å². The minimum absolute atomic E-state index is 0.0817. The lowest BCUT2D eigenvalue weighted by molar-refractivity contribution is -0.140. The van der Waals surface area contributed by atoms with E-state index < -0.39 is 0 Å². The number of pyridine rings is 1. The number of hydrogen-bond acceptors (Lipinski definition) is 4. The number of rotatable bonds is 6. The zero-order valence-electron chi connectivity index (χ0n) is 16.5. The Kier molecular flexibility index (Phi) is 5.84. The van der Waals surface area contributed by atoms with E-state index in [0.29, 0.717) is 18.5 Å². The zero-order valence-corrected chi connectivity index (χ0v) is 16.5. The molecule has 0 spiro atoms. The van der Waals surface area contributed by atoms with Gasteiger partial charge in [-0.3, -0.25) is 24.3 Å². The molecular formula is C24H23N3O3. The number of hydrogen-bond donors (Lipinski definition) is 1. The van der Waals surface area contributed by atoms with Crippen LogP contribution >= 0.6 is 0 Å². The summed E-state index contributed by atoms with van der Waals surface area (Å²) in [4.78, 5) is 42.9. The first-order valence-corrected chi connectivity index (χ1v) is 10.1. The molecule has 2 aliphatic rings. The Morgan fingerprint density at radius 3 is 2.50 bits per heavy atom. The van der Waals surface area contributed by atoms with Crippen molar-refractivity contribution in [2.75, 3.05) is 11.9 Å². The third kappa shape index (κ3) is 4.38. The van der Waals surface area contributed by atoms with E-state index in [2.05, 4.69) is 10.3 Å². The van der Waals surface area contributed by atoms with E-state index in [9.17, 15) is 14.4 Å². The van der Waals surface area contributed by atoms with Crippen LogP contribution in [0.5, 0.6) is 0 Å². The van der Waals surface area contributed by atoms with Crippen molar-refractivity contribution in [2.24, 2.45) is 11.8 Å². The van der Waals surface area contributed by atoms with E-state index in [1.165, 1.54) is 4.90 Å². The number of fused-ring (bicyclic) bond motifs is 1. The van der Waals surface area contributed by atoms with Crippen LogP contribution in [0.3, 0.4) is 0 Å². The number of aromatic nitrogens is 1. The van der Waals surface area contributed by atoms with Gasteiger partial charge in [0.15, 0.2) is 0 Å². The predicted molar refractivity (Wildman–Crippen MR) is 115 cm³/mol. The summed E-state index contributed by atoms with van der Waals surface area (Å²) in [6.45, 7) is 0.121. The number of nitrogens with zero attached hydrogens (tertiary/aromatic N) is 2. The maximum Gasteiger partial charge on any atom is 0.233 e. The molecule has 6 heteroatoms. The highest BCUT2D eigenvalue weighted by Crippen LogP contribution is 2.35. The summed E-state index contributed by atoms with van der Waals surface area (Å²) in [5.74, 6) is -1.04. The average Bonchev–Trinajstić information content (AvgIpc) is 3.02. The molecule has 1 N–H and O–H groups in total. The van der Waals surface area contributed by atoms with Gasteiger partial charge >= 0.3 is 0 Å². The first-order valence-electron chi connectivity index (χ1n) is 10.1. The van der Waals surface area contributed by atoms with Crippen LogP contribution in [0.25, 0.3) is 12.2 Å². The van der Waals surface area contributed by atoms with Gasteiger partial charge in [-0.25, -0.2) is 0 Å². The average molecular weight is 401 g/mol. The first kappa shape index (κ1) is 19.8. The van der Waals surface area contributed by atoms with E-state index in [1.54, 1.807) is 6.20 Å². The van der Waals surface area contributed by atoms with Crippen LogP contribution in [0.2, 0.25) is 0 Å². The van der Waals surface area contributed by atoms with E-state index in [4.69, 9.17) is 0 Å². The third-order valence-corrected chi connectivity index (χ3v) is 5.47. The van der Waals surface area contributed by atoms with Crippen molar-refractivity contribution in [1.82, 2.24) is 9.88 Å². The van der Waals surface area contributed by atoms with Crippen LogP contribution < -0.4 is 5.32 Å². The van der Waals surface area contributed by atoms with Crippen molar-refractivity contribution in [3.8, 4) is 0 Å². The molecule has 1 aromatic heterocycles. The van der Waals surface area contributed by atoms with Gasteiger partial charge in [0.05, 0.1) is 17.5 Å². The molecule has 2 unspecified atom stereocenters. The van der Waals surface area contributed by atoms with Crippen molar-refractivity contribution in [3.63, 3.8) is 0 Å². The topological polar surface area (TPSA) is 79.4 Å². The number of benzene rings is 1. The monoisotopic (exact) mass is 401 g/mol. The molecule has 6 nitrogen and oxygen atoms in total. The molecule has 2 aromatic rings. The summed E-state index contributed by atoms with van der Waals surface area (Å²) in [5, 5.41) is 2.85. The number of carbonyl (C=O) groups is 3. The van der Waals surface area contributed by atoms with Gasteiger partial charge in [-0.1, -0.05) is 36.4 Å². The number of amides is 3. The molecule has 4 rings (SSSR count). The van der Waals surface area contributed by atoms with Gasteiger partial charge in [0.25, 0.3) is 0 Å². The van der Waals surface area contributed by atoms with Gasteiger partial charge < -0.3 is 5.32 Å². The molecule has 1 saturated heterocycles. The third-order valence-electron chi connectivity index (χ3n) is 5.47. The van der Waals surface area contributed by atoms with Gasteiger partial charge in [-0.05, 0) is 48.7 Å². The smallest absolute Gasteiger partial charge is 0.233 e. The molecule has 0 saturated carbocycles. The van der Waals surface area contributed by atoms with Crippen molar-refractivity contribution >= 4 is 35.6 Å². The van der Waals surface area contributed by atoms with Crippen molar-refractivity contribution in [2.45, 2.75) is 19.3 Å². The lowest BCUT2D eigenvalue weighted by atomic mass is 9.85. The number of allylic oxidation sites excluding steroid dienone is 2. The minimum Gasteiger partial charge on any atom is -0.326 e. The van der Waals surface area contributed by atoms with Crippen molar-refractivity contribution in [1.29, 1.82) is 0 Å². The van der Waals surface area contributed by atoms with Crippen LogP contribution in [0, 0.1) is 11.8 Å². The maximum absolute atomic E-state index is 12.5. The Bertz CT molecular complexity index is 987. The summed E-state index contributed by atoms with van der Waals surface area (Å²) in [5.41, 5.74) is 2.45. The molecule has 1 aliphatic heterocycles. The fourth-order valence-corrected chi connectivity index (χ4v) is 3.90. The summed E-state index contributed by atoms with van der Waals surface area (Å²) >= 11 is 0. The molecule has 0 radical (unpaired) electrons. The number of nitrogens with one attached hydrogen (secondary N) is 1. The lowest BCUT2D eigenvalue weighted by Gasteiger charge is -2.14. The van der Waals surface area contributed by atoms with Gasteiger partial charge in [-0.15, -0.1) is 0 Å². The number of anilines is 1. The highest BCUT2D eigenvalue weighted by molar-refractivity contribution is 6.05. The van der Waals surface area contributed by atoms with E-state index in [1.807, 2.05) is 66.8 Å². The molecule has 1 aliphatic carbocycles. The van der Waals surface area contributed by atoms with Gasteiger partial charge in [-0.2, -0.15) is 0 Å². The van der Waals surface area contributed by atoms with Crippen molar-refractivity contribution < 1.29 is 14.4 Å². The Morgan fingerprint density at radius 1 is 1.03 bits per heavy atom. The van der Waals surface area contributed by atoms with E-state index in [0.717, 1.165) is 11.3 Å². The summed E-state index contributed by atoms with van der Waals surface area (Å²) in [7, 11) is 0. The van der Waals surface area contributed by atoms with Gasteiger partial charge in [0.1, 0.15) is 0 Å². The predicted octanol–water partition coefficient (Wildman–Crippen LogP) is 3.53. The van der Waals surface area contributed by atoms with Crippen LogP contribution in [0.1, 0.15) is 30.5 Å². The van der Waals surface area contributed by atoms with Crippen LogP contribution in [0.4, 0.5) is 5.69 Å². The summed E-state index contributed by atoms with van der Waals surface area (Å²) in [6.07, 6.45) is 10.8. The van der Waals surface area contributed by atoms with Gasteiger partial charge in [0, 0.05) is 24.8 Å². The second-order valence-corrected chi connectivity index (χ2v) is 7.50. The second-order valence-electron chi connectivity index (χ2n) is 7.50. The molecule has 1 fully saturated rings. The van der Waals surface area contributed by atoms with Gasteiger partial charge in [0.2, 0.25) is 17.7 Å². The SMILES string of the molecule is O=C(CCN1C(=O)C2CC=CCC2C1=O)Nc1cccc(C=Cc2ccccn2)c1. The molecule has 0 bridgehead atoms. The maximum atomic E-state index is 12.5. The fraction of sp³-hybridized carbons (Fsp3) is 0.250. The largest absolute Gasteiger partial charge is 0.326 e. The number of likely N-dealkylation sites (tertiary alicyclic amines) is 1. The fourth-order valence-electron chi connectivity index (χ4n) is 3.90. The molecular weight excluding hydrogens is 378 g/mol. The summed E-state index contributed by atoms with van der Waals surface area (Å²) < 4.78 is 0. The van der Waals surface area contributed by atoms with Crippen LogP contribution in [-0.2, 0) is 14.4 Å².